The van der Waals surface area contributed by atoms with Crippen LogP contribution in [-0.4, -0.2) is 62.8 Å². The van der Waals surface area contributed by atoms with Gasteiger partial charge in [0.2, 0.25) is 5.91 Å². The molecule has 0 radical (unpaired) electrons. The van der Waals surface area contributed by atoms with Gasteiger partial charge in [-0.05, 0) is 45.3 Å². The summed E-state index contributed by atoms with van der Waals surface area (Å²) in [5, 5.41) is 6.14. The van der Waals surface area contributed by atoms with Crippen molar-refractivity contribution in [1.29, 1.82) is 0 Å². The molecule has 0 aliphatic carbocycles. The van der Waals surface area contributed by atoms with Gasteiger partial charge in [0, 0.05) is 19.6 Å². The van der Waals surface area contributed by atoms with Gasteiger partial charge in [0.1, 0.15) is 6.10 Å². The molecule has 1 amide bonds. The molecule has 0 spiro atoms. The van der Waals surface area contributed by atoms with E-state index < -0.39 is 0 Å². The summed E-state index contributed by atoms with van der Waals surface area (Å²) < 4.78 is 5.42. The van der Waals surface area contributed by atoms with Crippen LogP contribution in [0.4, 0.5) is 0 Å². The average molecular weight is 283 g/mol. The summed E-state index contributed by atoms with van der Waals surface area (Å²) >= 11 is 0. The minimum absolute atomic E-state index is 0.0354. The van der Waals surface area contributed by atoms with Crippen LogP contribution in [0.3, 0.4) is 0 Å². The van der Waals surface area contributed by atoms with Crippen molar-refractivity contribution < 1.29 is 9.53 Å². The summed E-state index contributed by atoms with van der Waals surface area (Å²) in [5.74, 6) is 0.0354. The zero-order chi connectivity index (χ0) is 14.0. The Morgan fingerprint density at radius 3 is 2.80 bits per heavy atom. The number of carbonyl (C=O) groups excluding carboxylic acids is 1. The van der Waals surface area contributed by atoms with Crippen LogP contribution in [0.2, 0.25) is 0 Å². The van der Waals surface area contributed by atoms with Crippen LogP contribution < -0.4 is 10.6 Å². The highest BCUT2D eigenvalue weighted by atomic mass is 16.5. The maximum Gasteiger partial charge on any atom is 0.250 e. The van der Waals surface area contributed by atoms with Crippen molar-refractivity contribution in [3.05, 3.63) is 0 Å². The lowest BCUT2D eigenvalue weighted by Gasteiger charge is -2.26. The molecule has 5 nitrogen and oxygen atoms in total. The first-order valence-electron chi connectivity index (χ1n) is 8.18. The number of rotatable bonds is 7. The van der Waals surface area contributed by atoms with Crippen molar-refractivity contribution in [2.45, 2.75) is 44.6 Å². The van der Waals surface area contributed by atoms with E-state index in [2.05, 4.69) is 15.5 Å². The number of ether oxygens (including phenoxy) is 1. The van der Waals surface area contributed by atoms with Gasteiger partial charge in [-0.1, -0.05) is 12.8 Å². The predicted molar refractivity (Wildman–Crippen MR) is 79.8 cm³/mol. The van der Waals surface area contributed by atoms with Gasteiger partial charge in [0.15, 0.2) is 0 Å². The normalized spacial score (nSPS) is 24.5. The Morgan fingerprint density at radius 1 is 1.20 bits per heavy atom. The van der Waals surface area contributed by atoms with Crippen molar-refractivity contribution in [3.8, 4) is 0 Å². The summed E-state index contributed by atoms with van der Waals surface area (Å²) in [6, 6.07) is 0. The fourth-order valence-corrected chi connectivity index (χ4v) is 2.88. The van der Waals surface area contributed by atoms with E-state index in [0.717, 1.165) is 19.5 Å². The summed E-state index contributed by atoms with van der Waals surface area (Å²) in [4.78, 5) is 14.4. The number of hydrogen-bond acceptors (Lipinski definition) is 4. The molecule has 0 saturated carbocycles. The van der Waals surface area contributed by atoms with Crippen LogP contribution in [-0.2, 0) is 9.53 Å². The first kappa shape index (κ1) is 15.7. The Labute approximate surface area is 122 Å². The number of nitrogens with one attached hydrogen (secondary N) is 2. The van der Waals surface area contributed by atoms with Crippen molar-refractivity contribution in [1.82, 2.24) is 15.5 Å². The molecule has 2 rings (SSSR count). The predicted octanol–water partition coefficient (Wildman–Crippen LogP) is 0.747. The topological polar surface area (TPSA) is 53.6 Å². The monoisotopic (exact) mass is 283 g/mol. The van der Waals surface area contributed by atoms with Gasteiger partial charge < -0.3 is 20.3 Å². The van der Waals surface area contributed by atoms with Crippen molar-refractivity contribution in [3.63, 3.8) is 0 Å². The lowest BCUT2D eigenvalue weighted by molar-refractivity contribution is -0.134. The number of carbonyl (C=O) groups is 1. The van der Waals surface area contributed by atoms with Crippen molar-refractivity contribution >= 4 is 5.91 Å². The van der Waals surface area contributed by atoms with Crippen molar-refractivity contribution in [2.75, 3.05) is 45.9 Å². The van der Waals surface area contributed by atoms with E-state index in [1.54, 1.807) is 0 Å². The molecule has 1 atom stereocenters. The second-order valence-corrected chi connectivity index (χ2v) is 5.82. The van der Waals surface area contributed by atoms with Gasteiger partial charge in [-0.15, -0.1) is 0 Å². The zero-order valence-electron chi connectivity index (χ0n) is 12.5. The second kappa shape index (κ2) is 9.32. The lowest BCUT2D eigenvalue weighted by Crippen LogP contribution is -2.48. The van der Waals surface area contributed by atoms with Crippen LogP contribution in [0, 0.1) is 0 Å². The highest BCUT2D eigenvalue weighted by Crippen LogP contribution is 2.09. The highest BCUT2D eigenvalue weighted by Gasteiger charge is 2.20. The largest absolute Gasteiger partial charge is 0.366 e. The van der Waals surface area contributed by atoms with E-state index in [0.29, 0.717) is 13.2 Å². The minimum atomic E-state index is -0.294. The first-order chi connectivity index (χ1) is 9.86. The van der Waals surface area contributed by atoms with Crippen LogP contribution in [0.25, 0.3) is 0 Å². The molecule has 2 fully saturated rings. The second-order valence-electron chi connectivity index (χ2n) is 5.82. The van der Waals surface area contributed by atoms with Gasteiger partial charge in [0.25, 0.3) is 0 Å². The third kappa shape index (κ3) is 5.77. The lowest BCUT2D eigenvalue weighted by atomic mass is 10.1. The number of morpholine rings is 1. The van der Waals surface area contributed by atoms with Gasteiger partial charge in [-0.2, -0.15) is 0 Å². The Balaban J connectivity index is 1.43. The molecule has 0 aromatic carbocycles. The molecule has 2 aliphatic rings. The highest BCUT2D eigenvalue weighted by molar-refractivity contribution is 5.81. The Hall–Kier alpha value is -0.650. The molecule has 5 heteroatoms. The SMILES string of the molecule is O=C(NCCCCCN1CCCCC1)C1CNCCO1. The van der Waals surface area contributed by atoms with Crippen LogP contribution in [0.1, 0.15) is 38.5 Å². The van der Waals surface area contributed by atoms with E-state index in [9.17, 15) is 4.79 Å². The number of nitrogens with zero attached hydrogens (tertiary/aromatic N) is 1. The molecule has 2 N–H and O–H groups in total. The Morgan fingerprint density at radius 2 is 2.05 bits per heavy atom. The molecule has 1 unspecified atom stereocenters. The first-order valence-corrected chi connectivity index (χ1v) is 8.18. The van der Waals surface area contributed by atoms with Gasteiger partial charge >= 0.3 is 0 Å². The summed E-state index contributed by atoms with van der Waals surface area (Å²) in [6.07, 6.45) is 7.35. The number of piperidine rings is 1. The molecular formula is C15H29N3O2. The number of unbranched alkanes of at least 4 members (excludes halogenated alkanes) is 2. The minimum Gasteiger partial charge on any atom is -0.366 e. The fourth-order valence-electron chi connectivity index (χ4n) is 2.88. The third-order valence-electron chi connectivity index (χ3n) is 4.12. The molecule has 2 aliphatic heterocycles. The van der Waals surface area contributed by atoms with Gasteiger partial charge in [-0.25, -0.2) is 0 Å². The quantitative estimate of drug-likeness (QED) is 0.677. The van der Waals surface area contributed by atoms with E-state index in [-0.39, 0.29) is 12.0 Å². The maximum absolute atomic E-state index is 11.8. The van der Waals surface area contributed by atoms with E-state index in [1.165, 1.54) is 51.7 Å². The Kier molecular flexibility index (Phi) is 7.33. The fraction of sp³-hybridized carbons (Fsp3) is 0.933. The number of hydrogen-bond donors (Lipinski definition) is 2. The third-order valence-corrected chi connectivity index (χ3v) is 4.12. The summed E-state index contributed by atoms with van der Waals surface area (Å²) in [5.41, 5.74) is 0. The van der Waals surface area contributed by atoms with Gasteiger partial charge in [-0.3, -0.25) is 4.79 Å². The molecule has 0 aromatic rings. The van der Waals surface area contributed by atoms with E-state index >= 15 is 0 Å². The van der Waals surface area contributed by atoms with E-state index in [1.807, 2.05) is 0 Å². The molecule has 116 valence electrons. The molecule has 2 heterocycles. The van der Waals surface area contributed by atoms with Crippen molar-refractivity contribution in [2.24, 2.45) is 0 Å². The number of likely N-dealkylation sites (tertiary alicyclic amines) is 1. The molecule has 2 saturated heterocycles. The summed E-state index contributed by atoms with van der Waals surface area (Å²) in [7, 11) is 0. The standard InChI is InChI=1S/C15H29N3O2/c19-15(14-13-16-8-12-20-14)17-7-3-1-4-9-18-10-5-2-6-11-18/h14,16H,1-13H2,(H,17,19). The molecule has 0 aromatic heterocycles. The maximum atomic E-state index is 11.8. The average Bonchev–Trinajstić information content (AvgIpc) is 2.52. The smallest absolute Gasteiger partial charge is 0.250 e. The van der Waals surface area contributed by atoms with Crippen LogP contribution in [0.5, 0.6) is 0 Å². The summed E-state index contributed by atoms with van der Waals surface area (Å²) in [6.45, 7) is 6.68. The van der Waals surface area contributed by atoms with Crippen LogP contribution in [0.15, 0.2) is 0 Å². The van der Waals surface area contributed by atoms with Gasteiger partial charge in [0.05, 0.1) is 6.61 Å². The molecular weight excluding hydrogens is 254 g/mol. The van der Waals surface area contributed by atoms with Crippen LogP contribution >= 0.6 is 0 Å². The number of amides is 1. The molecule has 0 bridgehead atoms. The Bertz CT molecular complexity index is 274. The van der Waals surface area contributed by atoms with E-state index in [4.69, 9.17) is 4.74 Å². The zero-order valence-corrected chi connectivity index (χ0v) is 12.5. The molecule has 20 heavy (non-hydrogen) atoms.